The lowest BCUT2D eigenvalue weighted by Gasteiger charge is -2.13. The average Bonchev–Trinajstić information content (AvgIpc) is 3.41. The lowest BCUT2D eigenvalue weighted by atomic mass is 10.1. The standard InChI is InChI=1S/C31H22BrN3O3S/c32-25-10-4-5-11-26(25)33-29(36)19-35-30(37)28(39-31(35)38)16-23-18-34(27-12-6-3-9-24(23)27)17-20-13-14-21-7-1-2-8-22(21)15-20/h1-16,18H,17,19H2,(H,33,36)/b28-16-. The van der Waals surface area contributed by atoms with Crippen LogP contribution in [-0.2, 0) is 16.1 Å². The number of carbonyl (C=O) groups excluding carboxylic acids is 3. The molecule has 0 bridgehead atoms. The fraction of sp³-hybridized carbons (Fsp3) is 0.0645. The Bertz CT molecular complexity index is 1810. The number of hydrogen-bond donors (Lipinski definition) is 1. The van der Waals surface area contributed by atoms with Crippen LogP contribution < -0.4 is 5.32 Å². The summed E-state index contributed by atoms with van der Waals surface area (Å²) in [6, 6.07) is 29.9. The summed E-state index contributed by atoms with van der Waals surface area (Å²) in [4.78, 5) is 39.7. The first kappa shape index (κ1) is 25.2. The van der Waals surface area contributed by atoms with Crippen LogP contribution in [0.4, 0.5) is 10.5 Å². The molecule has 1 saturated heterocycles. The highest BCUT2D eigenvalue weighted by atomic mass is 79.9. The number of amides is 3. The van der Waals surface area contributed by atoms with E-state index in [4.69, 9.17) is 0 Å². The predicted octanol–water partition coefficient (Wildman–Crippen LogP) is 7.28. The van der Waals surface area contributed by atoms with Crippen molar-refractivity contribution < 1.29 is 14.4 Å². The number of fused-ring (bicyclic) bond motifs is 2. The molecule has 39 heavy (non-hydrogen) atoms. The molecule has 192 valence electrons. The number of thioether (sulfide) groups is 1. The van der Waals surface area contributed by atoms with Crippen molar-refractivity contribution in [1.29, 1.82) is 0 Å². The maximum atomic E-state index is 13.2. The molecule has 0 radical (unpaired) electrons. The first-order chi connectivity index (χ1) is 19.0. The number of aromatic nitrogens is 1. The molecule has 2 heterocycles. The van der Waals surface area contributed by atoms with Crippen LogP contribution in [0.25, 0.3) is 27.8 Å². The summed E-state index contributed by atoms with van der Waals surface area (Å²) in [6.45, 7) is 0.308. The Labute approximate surface area is 237 Å². The van der Waals surface area contributed by atoms with Gasteiger partial charge in [-0.25, -0.2) is 0 Å². The van der Waals surface area contributed by atoms with Crippen LogP contribution in [0, 0.1) is 0 Å². The monoisotopic (exact) mass is 595 g/mol. The highest BCUT2D eigenvalue weighted by Crippen LogP contribution is 2.34. The Morgan fingerprint density at radius 2 is 1.64 bits per heavy atom. The summed E-state index contributed by atoms with van der Waals surface area (Å²) in [5.41, 5.74) is 3.61. The van der Waals surface area contributed by atoms with Crippen molar-refractivity contribution >= 4 is 78.2 Å². The van der Waals surface area contributed by atoms with Gasteiger partial charge in [0, 0.05) is 33.7 Å². The Morgan fingerprint density at radius 1 is 0.897 bits per heavy atom. The molecule has 4 aromatic carbocycles. The molecule has 1 N–H and O–H groups in total. The average molecular weight is 597 g/mol. The second-order valence-corrected chi connectivity index (χ2v) is 11.1. The molecule has 1 aliphatic rings. The SMILES string of the molecule is O=C(CN1C(=O)S/C(=C\c2cn(Cc3ccc4ccccc4c3)c3ccccc23)C1=O)Nc1ccccc1Br. The molecule has 0 saturated carbocycles. The summed E-state index contributed by atoms with van der Waals surface area (Å²) < 4.78 is 2.87. The second kappa shape index (κ2) is 10.6. The van der Waals surface area contributed by atoms with Crippen LogP contribution in [0.3, 0.4) is 0 Å². The summed E-state index contributed by atoms with van der Waals surface area (Å²) in [5.74, 6) is -0.920. The molecule has 1 aromatic heterocycles. The van der Waals surface area contributed by atoms with Crippen LogP contribution in [0.2, 0.25) is 0 Å². The van der Waals surface area contributed by atoms with Gasteiger partial charge in [-0.05, 0) is 74.4 Å². The van der Waals surface area contributed by atoms with E-state index in [0.717, 1.165) is 38.7 Å². The zero-order valence-electron chi connectivity index (χ0n) is 20.6. The number of carbonyl (C=O) groups is 3. The highest BCUT2D eigenvalue weighted by molar-refractivity contribution is 9.10. The van der Waals surface area contributed by atoms with Crippen LogP contribution >= 0.6 is 27.7 Å². The summed E-state index contributed by atoms with van der Waals surface area (Å²) in [5, 5.41) is 5.64. The normalized spacial score (nSPS) is 14.6. The molecule has 0 spiro atoms. The van der Waals surface area contributed by atoms with Gasteiger partial charge in [-0.15, -0.1) is 0 Å². The maximum absolute atomic E-state index is 13.2. The van der Waals surface area contributed by atoms with Crippen LogP contribution in [0.1, 0.15) is 11.1 Å². The summed E-state index contributed by atoms with van der Waals surface area (Å²) >= 11 is 4.23. The van der Waals surface area contributed by atoms with Crippen LogP contribution in [0.15, 0.2) is 107 Å². The van der Waals surface area contributed by atoms with Crippen molar-refractivity contribution in [2.45, 2.75) is 6.54 Å². The van der Waals surface area contributed by atoms with Crippen LogP contribution in [0.5, 0.6) is 0 Å². The predicted molar refractivity (Wildman–Crippen MR) is 160 cm³/mol. The summed E-state index contributed by atoms with van der Waals surface area (Å²) in [7, 11) is 0. The van der Waals surface area contributed by atoms with Gasteiger partial charge in [0.05, 0.1) is 10.6 Å². The van der Waals surface area contributed by atoms with E-state index in [-0.39, 0.29) is 6.54 Å². The number of nitrogens with zero attached hydrogens (tertiary/aromatic N) is 2. The maximum Gasteiger partial charge on any atom is 0.294 e. The van der Waals surface area contributed by atoms with Gasteiger partial charge in [-0.2, -0.15) is 0 Å². The molecule has 6 rings (SSSR count). The van der Waals surface area contributed by atoms with Gasteiger partial charge < -0.3 is 9.88 Å². The molecular weight excluding hydrogens is 574 g/mol. The highest BCUT2D eigenvalue weighted by Gasteiger charge is 2.36. The number of hydrogen-bond acceptors (Lipinski definition) is 4. The third-order valence-electron chi connectivity index (χ3n) is 6.60. The van der Waals surface area contributed by atoms with E-state index in [1.165, 1.54) is 10.8 Å². The lowest BCUT2D eigenvalue weighted by Crippen LogP contribution is -2.36. The van der Waals surface area contributed by atoms with E-state index in [1.807, 2.05) is 48.7 Å². The topological polar surface area (TPSA) is 71.4 Å². The minimum atomic E-state index is -0.473. The Hall–Kier alpha value is -4.14. The molecule has 8 heteroatoms. The minimum Gasteiger partial charge on any atom is -0.342 e. The Morgan fingerprint density at radius 3 is 2.49 bits per heavy atom. The molecule has 0 unspecified atom stereocenters. The van der Waals surface area contributed by atoms with Gasteiger partial charge in [-0.1, -0.05) is 66.7 Å². The molecule has 6 nitrogen and oxygen atoms in total. The van der Waals surface area contributed by atoms with E-state index in [0.29, 0.717) is 21.6 Å². The minimum absolute atomic E-state index is 0.294. The van der Waals surface area contributed by atoms with E-state index in [2.05, 4.69) is 56.1 Å². The molecule has 1 fully saturated rings. The van der Waals surface area contributed by atoms with Crippen molar-refractivity contribution in [2.75, 3.05) is 11.9 Å². The van der Waals surface area contributed by atoms with Crippen molar-refractivity contribution in [3.63, 3.8) is 0 Å². The fourth-order valence-electron chi connectivity index (χ4n) is 4.73. The van der Waals surface area contributed by atoms with E-state index in [1.54, 1.807) is 24.3 Å². The third-order valence-corrected chi connectivity index (χ3v) is 8.19. The molecule has 5 aromatic rings. The Balaban J connectivity index is 1.25. The second-order valence-electron chi connectivity index (χ2n) is 9.21. The molecule has 3 amide bonds. The van der Waals surface area contributed by atoms with Gasteiger partial charge in [0.25, 0.3) is 11.1 Å². The Kier molecular flexibility index (Phi) is 6.81. The third kappa shape index (κ3) is 5.13. The summed E-state index contributed by atoms with van der Waals surface area (Å²) in [6.07, 6.45) is 3.75. The fourth-order valence-corrected chi connectivity index (χ4v) is 5.94. The van der Waals surface area contributed by atoms with Gasteiger partial charge in [-0.3, -0.25) is 19.3 Å². The number of imide groups is 1. The van der Waals surface area contributed by atoms with Crippen molar-refractivity contribution in [2.24, 2.45) is 0 Å². The first-order valence-corrected chi connectivity index (χ1v) is 13.9. The number of nitrogens with one attached hydrogen (secondary N) is 1. The number of benzene rings is 4. The van der Waals surface area contributed by atoms with Crippen LogP contribution in [-0.4, -0.2) is 33.1 Å². The quantitative estimate of drug-likeness (QED) is 0.209. The van der Waals surface area contributed by atoms with E-state index >= 15 is 0 Å². The molecule has 0 atom stereocenters. The van der Waals surface area contributed by atoms with Gasteiger partial charge in [0.15, 0.2) is 0 Å². The van der Waals surface area contributed by atoms with E-state index in [9.17, 15) is 14.4 Å². The molecule has 1 aliphatic heterocycles. The van der Waals surface area contributed by atoms with Gasteiger partial charge in [0.2, 0.25) is 5.91 Å². The van der Waals surface area contributed by atoms with Crippen molar-refractivity contribution in [1.82, 2.24) is 9.47 Å². The molecular formula is C31H22BrN3O3S. The lowest BCUT2D eigenvalue weighted by molar-refractivity contribution is -0.127. The van der Waals surface area contributed by atoms with Gasteiger partial charge in [0.1, 0.15) is 6.54 Å². The van der Waals surface area contributed by atoms with Crippen molar-refractivity contribution in [3.05, 3.63) is 118 Å². The smallest absolute Gasteiger partial charge is 0.294 e. The molecule has 0 aliphatic carbocycles. The largest absolute Gasteiger partial charge is 0.342 e. The number of para-hydroxylation sites is 2. The van der Waals surface area contributed by atoms with Gasteiger partial charge >= 0.3 is 0 Å². The number of rotatable bonds is 6. The number of anilines is 1. The first-order valence-electron chi connectivity index (χ1n) is 12.3. The van der Waals surface area contributed by atoms with E-state index < -0.39 is 17.1 Å². The van der Waals surface area contributed by atoms with Crippen molar-refractivity contribution in [3.8, 4) is 0 Å². The zero-order valence-corrected chi connectivity index (χ0v) is 23.0. The number of halogens is 1. The zero-order chi connectivity index (χ0) is 26.9.